The lowest BCUT2D eigenvalue weighted by atomic mass is 9.89. The number of carbonyl (C=O) groups excluding carboxylic acids is 1. The smallest absolute Gasteiger partial charge is 0.345 e. The Kier molecular flexibility index (Phi) is 9.07. The van der Waals surface area contributed by atoms with Gasteiger partial charge < -0.3 is 14.7 Å². The zero-order valence-electron chi connectivity index (χ0n) is 22.6. The van der Waals surface area contributed by atoms with Gasteiger partial charge in [-0.05, 0) is 93.4 Å². The van der Waals surface area contributed by atoms with Crippen LogP contribution in [0.5, 0.6) is 0 Å². The molecule has 0 bridgehead atoms. The van der Waals surface area contributed by atoms with Crippen molar-refractivity contribution in [2.75, 3.05) is 26.0 Å². The number of carbonyl (C=O) groups is 1. The number of pyridine rings is 1. The number of halogens is 3. The number of alkyl halides is 3. The molecule has 2 aromatic carbocycles. The summed E-state index contributed by atoms with van der Waals surface area (Å²) in [5, 5.41) is 0. The van der Waals surface area contributed by atoms with E-state index in [-0.39, 0.29) is 11.9 Å². The number of anilines is 2. The Balaban J connectivity index is 1.50. The van der Waals surface area contributed by atoms with Crippen LogP contribution in [0.25, 0.3) is 6.08 Å². The van der Waals surface area contributed by atoms with Gasteiger partial charge in [-0.25, -0.2) is 0 Å². The summed E-state index contributed by atoms with van der Waals surface area (Å²) in [6.45, 7) is 0.465. The first-order valence-corrected chi connectivity index (χ1v) is 13.2. The summed E-state index contributed by atoms with van der Waals surface area (Å²) in [6, 6.07) is 17.5. The Morgan fingerprint density at radius 1 is 0.846 bits per heavy atom. The predicted octanol–water partition coefficient (Wildman–Crippen LogP) is 6.78. The lowest BCUT2D eigenvalue weighted by molar-refractivity contribution is -0.137. The van der Waals surface area contributed by atoms with Crippen molar-refractivity contribution < 1.29 is 18.0 Å². The molecule has 5 nitrogen and oxygen atoms in total. The average molecular weight is 537 g/mol. The van der Waals surface area contributed by atoms with E-state index in [1.807, 2.05) is 48.3 Å². The Hall–Kier alpha value is -3.65. The van der Waals surface area contributed by atoms with Crippen molar-refractivity contribution in [3.63, 3.8) is 0 Å². The van der Waals surface area contributed by atoms with Crippen molar-refractivity contribution in [3.05, 3.63) is 95.8 Å². The molecule has 4 rings (SSSR count). The van der Waals surface area contributed by atoms with E-state index < -0.39 is 11.7 Å². The van der Waals surface area contributed by atoms with E-state index in [2.05, 4.69) is 28.9 Å². The molecule has 1 saturated carbocycles. The van der Waals surface area contributed by atoms with Crippen LogP contribution >= 0.6 is 0 Å². The third kappa shape index (κ3) is 7.47. The van der Waals surface area contributed by atoms with Crippen LogP contribution in [0.1, 0.15) is 42.4 Å². The minimum absolute atomic E-state index is 0.102. The number of hydrogen-bond donors (Lipinski definition) is 0. The third-order valence-corrected chi connectivity index (χ3v) is 7.50. The molecule has 1 heterocycles. The minimum Gasteiger partial charge on any atom is -0.345 e. The molecule has 0 atom stereocenters. The molecular formula is C31H35F3N4O. The fourth-order valence-electron chi connectivity index (χ4n) is 5.06. The van der Waals surface area contributed by atoms with Crippen molar-refractivity contribution in [2.24, 2.45) is 0 Å². The Morgan fingerprint density at radius 3 is 1.97 bits per heavy atom. The minimum atomic E-state index is -4.39. The number of nitrogens with zero attached hydrogens (tertiary/aromatic N) is 4. The van der Waals surface area contributed by atoms with Crippen LogP contribution in [0.3, 0.4) is 0 Å². The first-order chi connectivity index (χ1) is 18.6. The van der Waals surface area contributed by atoms with Gasteiger partial charge in [-0.3, -0.25) is 9.78 Å². The predicted molar refractivity (Wildman–Crippen MR) is 150 cm³/mol. The van der Waals surface area contributed by atoms with Crippen molar-refractivity contribution >= 4 is 23.4 Å². The van der Waals surface area contributed by atoms with Crippen LogP contribution in [-0.2, 0) is 17.5 Å². The van der Waals surface area contributed by atoms with Crippen molar-refractivity contribution in [1.82, 2.24) is 14.8 Å². The number of hydrogen-bond acceptors (Lipinski definition) is 4. The molecule has 0 aliphatic heterocycles. The van der Waals surface area contributed by atoms with Gasteiger partial charge in [-0.1, -0.05) is 24.3 Å². The Labute approximate surface area is 228 Å². The van der Waals surface area contributed by atoms with E-state index in [4.69, 9.17) is 0 Å². The fraction of sp³-hybridized carbons (Fsp3) is 0.355. The van der Waals surface area contributed by atoms with Crippen LogP contribution in [-0.4, -0.2) is 53.9 Å². The maximum Gasteiger partial charge on any atom is 0.416 e. The lowest BCUT2D eigenvalue weighted by Gasteiger charge is -2.38. The molecule has 1 aromatic heterocycles. The second-order valence-electron chi connectivity index (χ2n) is 10.3. The molecule has 8 heteroatoms. The molecule has 0 radical (unpaired) electrons. The van der Waals surface area contributed by atoms with Crippen LogP contribution in [0.4, 0.5) is 24.5 Å². The van der Waals surface area contributed by atoms with Crippen LogP contribution in [0.2, 0.25) is 0 Å². The van der Waals surface area contributed by atoms with Crippen molar-refractivity contribution in [2.45, 2.75) is 50.5 Å². The Bertz CT molecular complexity index is 1230. The third-order valence-electron chi connectivity index (χ3n) is 7.50. The second kappa shape index (κ2) is 12.5. The van der Waals surface area contributed by atoms with Gasteiger partial charge in [0, 0.05) is 55.5 Å². The summed E-state index contributed by atoms with van der Waals surface area (Å²) in [5.74, 6) is -0.138. The SMILES string of the molecule is CN(c1ccncc1)c1ccc(CN(C(=O)C=Cc2ccc(C(F)(F)F)cc2)C2CCC(N(C)C)CC2)cc1. The van der Waals surface area contributed by atoms with Gasteiger partial charge in [-0.15, -0.1) is 0 Å². The summed E-state index contributed by atoms with van der Waals surface area (Å²) >= 11 is 0. The van der Waals surface area contributed by atoms with E-state index in [0.717, 1.165) is 54.8 Å². The van der Waals surface area contributed by atoms with Gasteiger partial charge in [0.2, 0.25) is 5.91 Å². The van der Waals surface area contributed by atoms with Crippen molar-refractivity contribution in [3.8, 4) is 0 Å². The van der Waals surface area contributed by atoms with Crippen LogP contribution < -0.4 is 4.90 Å². The maximum absolute atomic E-state index is 13.5. The molecule has 1 amide bonds. The van der Waals surface area contributed by atoms with E-state index in [9.17, 15) is 18.0 Å². The second-order valence-corrected chi connectivity index (χ2v) is 10.3. The monoisotopic (exact) mass is 536 g/mol. The molecule has 1 aliphatic rings. The molecular weight excluding hydrogens is 501 g/mol. The highest BCUT2D eigenvalue weighted by Crippen LogP contribution is 2.30. The molecule has 0 N–H and O–H groups in total. The number of benzene rings is 2. The molecule has 39 heavy (non-hydrogen) atoms. The van der Waals surface area contributed by atoms with Crippen LogP contribution in [0, 0.1) is 0 Å². The van der Waals surface area contributed by atoms with Gasteiger partial charge in [0.05, 0.1) is 5.56 Å². The first-order valence-electron chi connectivity index (χ1n) is 13.2. The van der Waals surface area contributed by atoms with E-state index in [1.165, 1.54) is 18.2 Å². The normalized spacial score (nSPS) is 17.9. The van der Waals surface area contributed by atoms with E-state index in [0.29, 0.717) is 18.2 Å². The molecule has 3 aromatic rings. The topological polar surface area (TPSA) is 39.7 Å². The number of rotatable bonds is 8. The quantitative estimate of drug-likeness (QED) is 0.298. The van der Waals surface area contributed by atoms with Gasteiger partial charge in [0.1, 0.15) is 0 Å². The standard InChI is InChI=1S/C31H35F3N4O/c1-36(2)26-13-15-29(16-14-26)38(30(39)17-8-23-4-9-25(10-5-23)31(32,33)34)22-24-6-11-27(12-7-24)37(3)28-18-20-35-21-19-28/h4-12,17-21,26,29H,13-16,22H2,1-3H3. The molecule has 1 fully saturated rings. The zero-order chi connectivity index (χ0) is 28.0. The molecule has 0 unspecified atom stereocenters. The summed E-state index contributed by atoms with van der Waals surface area (Å²) < 4.78 is 38.7. The highest BCUT2D eigenvalue weighted by molar-refractivity contribution is 5.92. The summed E-state index contributed by atoms with van der Waals surface area (Å²) in [5.41, 5.74) is 2.92. The highest BCUT2D eigenvalue weighted by Gasteiger charge is 2.30. The van der Waals surface area contributed by atoms with Gasteiger partial charge in [-0.2, -0.15) is 13.2 Å². The molecule has 0 spiro atoms. The molecule has 1 aliphatic carbocycles. The van der Waals surface area contributed by atoms with Gasteiger partial charge in [0.15, 0.2) is 0 Å². The van der Waals surface area contributed by atoms with Gasteiger partial charge >= 0.3 is 6.18 Å². The van der Waals surface area contributed by atoms with E-state index in [1.54, 1.807) is 18.5 Å². The highest BCUT2D eigenvalue weighted by atomic mass is 19.4. The summed E-state index contributed by atoms with van der Waals surface area (Å²) in [7, 11) is 6.17. The summed E-state index contributed by atoms with van der Waals surface area (Å²) in [6.07, 6.45) is 6.04. The number of aromatic nitrogens is 1. The van der Waals surface area contributed by atoms with Crippen molar-refractivity contribution in [1.29, 1.82) is 0 Å². The fourth-order valence-corrected chi connectivity index (χ4v) is 5.06. The van der Waals surface area contributed by atoms with Crippen LogP contribution in [0.15, 0.2) is 79.1 Å². The zero-order valence-corrected chi connectivity index (χ0v) is 22.6. The van der Waals surface area contributed by atoms with E-state index >= 15 is 0 Å². The molecule has 206 valence electrons. The average Bonchev–Trinajstić information content (AvgIpc) is 2.95. The largest absolute Gasteiger partial charge is 0.416 e. The molecule has 0 saturated heterocycles. The Morgan fingerprint density at radius 2 is 1.41 bits per heavy atom. The maximum atomic E-state index is 13.5. The van der Waals surface area contributed by atoms with Gasteiger partial charge in [0.25, 0.3) is 0 Å². The number of amides is 1. The summed E-state index contributed by atoms with van der Waals surface area (Å²) in [4.78, 5) is 23.8. The first kappa shape index (κ1) is 28.4. The lowest BCUT2D eigenvalue weighted by Crippen LogP contribution is -2.44.